The van der Waals surface area contributed by atoms with Crippen LogP contribution in [-0.2, 0) is 15.3 Å². The summed E-state index contributed by atoms with van der Waals surface area (Å²) in [6.45, 7) is 4.51. The first-order valence-corrected chi connectivity index (χ1v) is 6.52. The van der Waals surface area contributed by atoms with Gasteiger partial charge in [0, 0.05) is 5.56 Å². The van der Waals surface area contributed by atoms with E-state index in [0.717, 1.165) is 30.8 Å². The van der Waals surface area contributed by atoms with E-state index in [1.54, 1.807) is 0 Å². The quantitative estimate of drug-likeness (QED) is 0.870. The summed E-state index contributed by atoms with van der Waals surface area (Å²) >= 11 is 0. The molecule has 0 saturated carbocycles. The molecule has 1 aliphatic rings. The van der Waals surface area contributed by atoms with Crippen molar-refractivity contribution in [2.75, 3.05) is 26.4 Å². The normalized spacial score (nSPS) is 18.6. The first kappa shape index (κ1) is 13.3. The molecule has 0 radical (unpaired) electrons. The molecule has 1 aromatic carbocycles. The predicted octanol–water partition coefficient (Wildman–Crippen LogP) is 2.02. The molecule has 0 aliphatic carbocycles. The summed E-state index contributed by atoms with van der Waals surface area (Å²) in [5.41, 5.74) is 6.76. The molecule has 4 nitrogen and oxygen atoms in total. The largest absolute Gasteiger partial charge is 0.494 e. The highest BCUT2D eigenvalue weighted by molar-refractivity contribution is 5.30. The molecule has 2 rings (SSSR count). The van der Waals surface area contributed by atoms with E-state index in [1.807, 2.05) is 24.3 Å². The first-order valence-electron chi connectivity index (χ1n) is 6.52. The fraction of sp³-hybridized carbons (Fsp3) is 0.571. The van der Waals surface area contributed by atoms with Gasteiger partial charge in [-0.15, -0.1) is 0 Å². The fourth-order valence-corrected chi connectivity index (χ4v) is 2.00. The molecule has 0 unspecified atom stereocenters. The maximum Gasteiger partial charge on any atom is 0.207 e. The Morgan fingerprint density at radius 3 is 2.44 bits per heavy atom. The molecule has 0 bridgehead atoms. The van der Waals surface area contributed by atoms with Crippen molar-refractivity contribution in [1.29, 1.82) is 0 Å². The summed E-state index contributed by atoms with van der Waals surface area (Å²) in [4.78, 5) is 0. The molecular formula is C14H21NO3. The van der Waals surface area contributed by atoms with Crippen LogP contribution in [0.3, 0.4) is 0 Å². The van der Waals surface area contributed by atoms with Gasteiger partial charge in [-0.2, -0.15) is 0 Å². The van der Waals surface area contributed by atoms with Gasteiger partial charge in [0.25, 0.3) is 0 Å². The molecule has 0 spiro atoms. The number of rotatable bonds is 5. The lowest BCUT2D eigenvalue weighted by Gasteiger charge is -2.36. The van der Waals surface area contributed by atoms with Crippen LogP contribution in [0, 0.1) is 0 Å². The van der Waals surface area contributed by atoms with Crippen molar-refractivity contribution >= 4 is 0 Å². The van der Waals surface area contributed by atoms with E-state index in [1.165, 1.54) is 0 Å². The zero-order valence-corrected chi connectivity index (χ0v) is 10.9. The molecule has 1 aromatic rings. The van der Waals surface area contributed by atoms with Crippen LogP contribution >= 0.6 is 0 Å². The summed E-state index contributed by atoms with van der Waals surface area (Å²) in [5, 5.41) is 0. The number of benzene rings is 1. The van der Waals surface area contributed by atoms with Gasteiger partial charge in [-0.25, -0.2) is 0 Å². The Balaban J connectivity index is 2.11. The highest BCUT2D eigenvalue weighted by atomic mass is 16.7. The maximum absolute atomic E-state index is 5.81. The molecule has 18 heavy (non-hydrogen) atoms. The van der Waals surface area contributed by atoms with Gasteiger partial charge < -0.3 is 19.9 Å². The van der Waals surface area contributed by atoms with Crippen LogP contribution in [0.1, 0.15) is 25.3 Å². The van der Waals surface area contributed by atoms with Gasteiger partial charge in [0.05, 0.1) is 26.4 Å². The fourth-order valence-electron chi connectivity index (χ4n) is 2.00. The van der Waals surface area contributed by atoms with Gasteiger partial charge in [0.1, 0.15) is 5.75 Å². The van der Waals surface area contributed by atoms with Crippen molar-refractivity contribution in [1.82, 2.24) is 0 Å². The average molecular weight is 251 g/mol. The second-order valence-corrected chi connectivity index (χ2v) is 4.38. The van der Waals surface area contributed by atoms with Gasteiger partial charge in [-0.1, -0.05) is 6.92 Å². The Hall–Kier alpha value is -1.10. The lowest BCUT2D eigenvalue weighted by molar-refractivity contribution is -0.269. The Kier molecular flexibility index (Phi) is 4.58. The third-order valence-corrected chi connectivity index (χ3v) is 2.99. The van der Waals surface area contributed by atoms with E-state index in [0.29, 0.717) is 19.8 Å². The lowest BCUT2D eigenvalue weighted by atomic mass is 10.0. The van der Waals surface area contributed by atoms with Crippen molar-refractivity contribution in [2.45, 2.75) is 25.6 Å². The third kappa shape index (κ3) is 2.83. The SMILES string of the molecule is CCCOc1ccc(C2(CN)OCCCO2)cc1. The van der Waals surface area contributed by atoms with Crippen molar-refractivity contribution in [3.8, 4) is 5.75 Å². The molecule has 1 heterocycles. The van der Waals surface area contributed by atoms with E-state index in [4.69, 9.17) is 19.9 Å². The van der Waals surface area contributed by atoms with E-state index >= 15 is 0 Å². The third-order valence-electron chi connectivity index (χ3n) is 2.99. The van der Waals surface area contributed by atoms with Gasteiger partial charge in [-0.05, 0) is 37.1 Å². The molecule has 0 atom stereocenters. The van der Waals surface area contributed by atoms with Gasteiger partial charge in [0.15, 0.2) is 0 Å². The number of hydrogen-bond donors (Lipinski definition) is 1. The maximum atomic E-state index is 5.81. The van der Waals surface area contributed by atoms with Crippen LogP contribution in [-0.4, -0.2) is 26.4 Å². The van der Waals surface area contributed by atoms with Crippen LogP contribution in [0.2, 0.25) is 0 Å². The summed E-state index contributed by atoms with van der Waals surface area (Å²) in [6.07, 6.45) is 1.92. The van der Waals surface area contributed by atoms with Gasteiger partial charge >= 0.3 is 0 Å². The summed E-state index contributed by atoms with van der Waals surface area (Å²) < 4.78 is 17.0. The monoisotopic (exact) mass is 251 g/mol. The van der Waals surface area contributed by atoms with Crippen LogP contribution in [0.4, 0.5) is 0 Å². The van der Waals surface area contributed by atoms with Gasteiger partial charge in [0.2, 0.25) is 5.79 Å². The second-order valence-electron chi connectivity index (χ2n) is 4.38. The Morgan fingerprint density at radius 2 is 1.89 bits per heavy atom. The molecule has 0 aromatic heterocycles. The van der Waals surface area contributed by atoms with E-state index in [2.05, 4.69) is 6.92 Å². The van der Waals surface area contributed by atoms with Crippen molar-refractivity contribution < 1.29 is 14.2 Å². The standard InChI is InChI=1S/C14H21NO3/c1-2-8-16-13-6-4-12(5-7-13)14(11-15)17-9-3-10-18-14/h4-7H,2-3,8-11,15H2,1H3. The van der Waals surface area contributed by atoms with E-state index in [9.17, 15) is 0 Å². The highest BCUT2D eigenvalue weighted by Gasteiger charge is 2.35. The molecule has 2 N–H and O–H groups in total. The Labute approximate surface area is 108 Å². The molecule has 1 fully saturated rings. The molecule has 1 aliphatic heterocycles. The molecule has 1 saturated heterocycles. The predicted molar refractivity (Wildman–Crippen MR) is 69.5 cm³/mol. The molecule has 100 valence electrons. The molecule has 4 heteroatoms. The Bertz CT molecular complexity index is 358. The number of nitrogens with two attached hydrogens (primary N) is 1. The highest BCUT2D eigenvalue weighted by Crippen LogP contribution is 2.30. The molecular weight excluding hydrogens is 230 g/mol. The van der Waals surface area contributed by atoms with Crippen LogP contribution in [0.15, 0.2) is 24.3 Å². The zero-order valence-electron chi connectivity index (χ0n) is 10.9. The van der Waals surface area contributed by atoms with Crippen LogP contribution < -0.4 is 10.5 Å². The first-order chi connectivity index (χ1) is 8.80. The van der Waals surface area contributed by atoms with Crippen molar-refractivity contribution in [3.63, 3.8) is 0 Å². The summed E-state index contributed by atoms with van der Waals surface area (Å²) in [5.74, 6) is 0.0882. The minimum atomic E-state index is -0.776. The molecule has 0 amide bonds. The average Bonchev–Trinajstić information content (AvgIpc) is 2.46. The number of ether oxygens (including phenoxy) is 3. The topological polar surface area (TPSA) is 53.7 Å². The summed E-state index contributed by atoms with van der Waals surface area (Å²) in [6, 6.07) is 7.79. The van der Waals surface area contributed by atoms with E-state index in [-0.39, 0.29) is 0 Å². The zero-order chi connectivity index (χ0) is 12.8. The van der Waals surface area contributed by atoms with Crippen molar-refractivity contribution in [3.05, 3.63) is 29.8 Å². The second kappa shape index (κ2) is 6.18. The Morgan fingerprint density at radius 1 is 1.22 bits per heavy atom. The lowest BCUT2D eigenvalue weighted by Crippen LogP contribution is -2.44. The van der Waals surface area contributed by atoms with E-state index < -0.39 is 5.79 Å². The van der Waals surface area contributed by atoms with Crippen LogP contribution in [0.5, 0.6) is 5.75 Å². The number of hydrogen-bond acceptors (Lipinski definition) is 4. The van der Waals surface area contributed by atoms with Crippen molar-refractivity contribution in [2.24, 2.45) is 5.73 Å². The minimum Gasteiger partial charge on any atom is -0.494 e. The van der Waals surface area contributed by atoms with Crippen LogP contribution in [0.25, 0.3) is 0 Å². The van der Waals surface area contributed by atoms with Gasteiger partial charge in [-0.3, -0.25) is 0 Å². The minimum absolute atomic E-state index is 0.322. The summed E-state index contributed by atoms with van der Waals surface area (Å²) in [7, 11) is 0. The smallest absolute Gasteiger partial charge is 0.207 e.